The molecule has 1 heterocycles. The Labute approximate surface area is 119 Å². The second kappa shape index (κ2) is 5.90. The first-order valence-electron chi connectivity index (χ1n) is 6.74. The number of nitrogens with two attached hydrogens (primary N) is 1. The first-order valence-corrected chi connectivity index (χ1v) is 6.74. The number of halogens is 1. The molecule has 1 aromatic carbocycles. The zero-order valence-electron chi connectivity index (χ0n) is 12.2. The second-order valence-electron chi connectivity index (χ2n) is 4.94. The smallest absolute Gasteiger partial charge is 0.128 e. The van der Waals surface area contributed by atoms with Gasteiger partial charge in [-0.3, -0.25) is 4.98 Å². The topological polar surface area (TPSA) is 42.2 Å². The Kier molecular flexibility index (Phi) is 4.23. The van der Waals surface area contributed by atoms with Crippen LogP contribution in [0.4, 0.5) is 15.8 Å². The number of aryl methyl sites for hydroxylation is 2. The maximum atomic E-state index is 13.5. The Hall–Kier alpha value is -2.10. The average Bonchev–Trinajstić information content (AvgIpc) is 2.40. The molecule has 0 bridgehead atoms. The molecule has 2 aromatic rings. The fourth-order valence-electron chi connectivity index (χ4n) is 2.21. The van der Waals surface area contributed by atoms with Gasteiger partial charge < -0.3 is 10.6 Å². The summed E-state index contributed by atoms with van der Waals surface area (Å²) in [6.45, 7) is 7.21. The number of pyridine rings is 1. The van der Waals surface area contributed by atoms with Gasteiger partial charge in [-0.05, 0) is 50.6 Å². The van der Waals surface area contributed by atoms with E-state index in [0.717, 1.165) is 23.6 Å². The molecular weight excluding hydrogens is 253 g/mol. The lowest BCUT2D eigenvalue weighted by molar-refractivity contribution is 0.618. The standard InChI is InChI=1S/C16H20FN3/c1-4-20(10-13-7-5-6-12(3)19-13)16-8-11(2)14(17)9-15(16)18/h5-9H,4,10,18H2,1-3H3. The molecule has 0 radical (unpaired) electrons. The van der Waals surface area contributed by atoms with Crippen LogP contribution in [0, 0.1) is 19.7 Å². The number of benzene rings is 1. The van der Waals surface area contributed by atoms with E-state index in [1.54, 1.807) is 13.0 Å². The molecule has 1 aromatic heterocycles. The van der Waals surface area contributed by atoms with Crippen molar-refractivity contribution in [1.29, 1.82) is 0 Å². The van der Waals surface area contributed by atoms with E-state index < -0.39 is 0 Å². The van der Waals surface area contributed by atoms with Crippen LogP contribution in [0.2, 0.25) is 0 Å². The third-order valence-electron chi connectivity index (χ3n) is 3.33. The van der Waals surface area contributed by atoms with Gasteiger partial charge in [0.25, 0.3) is 0 Å². The van der Waals surface area contributed by atoms with Crippen molar-refractivity contribution < 1.29 is 4.39 Å². The molecule has 2 rings (SSSR count). The van der Waals surface area contributed by atoms with Crippen LogP contribution in [0.3, 0.4) is 0 Å². The van der Waals surface area contributed by atoms with Crippen molar-refractivity contribution in [3.8, 4) is 0 Å². The highest BCUT2D eigenvalue weighted by molar-refractivity contribution is 5.68. The summed E-state index contributed by atoms with van der Waals surface area (Å²) in [5.74, 6) is -0.268. The minimum absolute atomic E-state index is 0.268. The molecule has 0 spiro atoms. The Balaban J connectivity index is 2.31. The minimum atomic E-state index is -0.268. The lowest BCUT2D eigenvalue weighted by Crippen LogP contribution is -2.24. The predicted octanol–water partition coefficient (Wildman–Crippen LogP) is 3.45. The fraction of sp³-hybridized carbons (Fsp3) is 0.312. The number of rotatable bonds is 4. The van der Waals surface area contributed by atoms with Crippen LogP contribution in [0.15, 0.2) is 30.3 Å². The number of hydrogen-bond donors (Lipinski definition) is 1. The van der Waals surface area contributed by atoms with Crippen molar-refractivity contribution in [2.75, 3.05) is 17.2 Å². The van der Waals surface area contributed by atoms with Crippen molar-refractivity contribution >= 4 is 11.4 Å². The van der Waals surface area contributed by atoms with Crippen molar-refractivity contribution in [2.24, 2.45) is 0 Å². The van der Waals surface area contributed by atoms with Gasteiger partial charge >= 0.3 is 0 Å². The molecule has 4 heteroatoms. The Morgan fingerprint density at radius 2 is 2.00 bits per heavy atom. The fourth-order valence-corrected chi connectivity index (χ4v) is 2.21. The van der Waals surface area contributed by atoms with Crippen molar-refractivity contribution in [2.45, 2.75) is 27.3 Å². The monoisotopic (exact) mass is 273 g/mol. The van der Waals surface area contributed by atoms with Gasteiger partial charge in [0.2, 0.25) is 0 Å². The summed E-state index contributed by atoms with van der Waals surface area (Å²) in [6.07, 6.45) is 0. The van der Waals surface area contributed by atoms with Crippen molar-refractivity contribution in [3.05, 3.63) is 53.1 Å². The van der Waals surface area contributed by atoms with Crippen molar-refractivity contribution in [1.82, 2.24) is 4.98 Å². The van der Waals surface area contributed by atoms with Crippen LogP contribution < -0.4 is 10.6 Å². The predicted molar refractivity (Wildman–Crippen MR) is 81.2 cm³/mol. The summed E-state index contributed by atoms with van der Waals surface area (Å²) in [6, 6.07) is 9.13. The summed E-state index contributed by atoms with van der Waals surface area (Å²) in [7, 11) is 0. The quantitative estimate of drug-likeness (QED) is 0.868. The highest BCUT2D eigenvalue weighted by Crippen LogP contribution is 2.27. The number of hydrogen-bond acceptors (Lipinski definition) is 3. The Morgan fingerprint density at radius 1 is 1.25 bits per heavy atom. The summed E-state index contributed by atoms with van der Waals surface area (Å²) in [5.41, 5.74) is 9.83. The van der Waals surface area contributed by atoms with Crippen LogP contribution in [-0.4, -0.2) is 11.5 Å². The van der Waals surface area contributed by atoms with E-state index in [1.165, 1.54) is 6.07 Å². The maximum Gasteiger partial charge on any atom is 0.128 e. The molecule has 20 heavy (non-hydrogen) atoms. The van der Waals surface area contributed by atoms with Crippen LogP contribution in [0.25, 0.3) is 0 Å². The van der Waals surface area contributed by atoms with E-state index in [-0.39, 0.29) is 5.82 Å². The molecule has 0 saturated carbocycles. The summed E-state index contributed by atoms with van der Waals surface area (Å²) in [4.78, 5) is 6.60. The molecule has 0 fully saturated rings. The van der Waals surface area contributed by atoms with Crippen LogP contribution >= 0.6 is 0 Å². The number of nitrogen functional groups attached to an aromatic ring is 1. The molecule has 0 aliphatic carbocycles. The normalized spacial score (nSPS) is 10.6. The summed E-state index contributed by atoms with van der Waals surface area (Å²) >= 11 is 0. The maximum absolute atomic E-state index is 13.5. The average molecular weight is 273 g/mol. The van der Waals surface area contributed by atoms with E-state index in [1.807, 2.05) is 32.0 Å². The minimum Gasteiger partial charge on any atom is -0.397 e. The lowest BCUT2D eigenvalue weighted by Gasteiger charge is -2.25. The first-order chi connectivity index (χ1) is 9.51. The highest BCUT2D eigenvalue weighted by atomic mass is 19.1. The van der Waals surface area contributed by atoms with Gasteiger partial charge in [0.1, 0.15) is 5.82 Å². The molecular formula is C16H20FN3. The van der Waals surface area contributed by atoms with Gasteiger partial charge in [-0.15, -0.1) is 0 Å². The number of nitrogens with zero attached hydrogens (tertiary/aromatic N) is 2. The van der Waals surface area contributed by atoms with Gasteiger partial charge in [-0.2, -0.15) is 0 Å². The Morgan fingerprint density at radius 3 is 2.65 bits per heavy atom. The zero-order valence-corrected chi connectivity index (χ0v) is 12.2. The van der Waals surface area contributed by atoms with E-state index in [9.17, 15) is 4.39 Å². The van der Waals surface area contributed by atoms with Gasteiger partial charge in [0, 0.05) is 12.2 Å². The van der Waals surface area contributed by atoms with E-state index >= 15 is 0 Å². The van der Waals surface area contributed by atoms with Crippen LogP contribution in [0.1, 0.15) is 23.9 Å². The molecule has 0 saturated heterocycles. The molecule has 0 unspecified atom stereocenters. The van der Waals surface area contributed by atoms with Gasteiger partial charge in [0.05, 0.1) is 23.6 Å². The van der Waals surface area contributed by atoms with E-state index in [2.05, 4.69) is 9.88 Å². The molecule has 3 nitrogen and oxygen atoms in total. The van der Waals surface area contributed by atoms with E-state index in [0.29, 0.717) is 17.8 Å². The largest absolute Gasteiger partial charge is 0.397 e. The molecule has 2 N–H and O–H groups in total. The molecule has 106 valence electrons. The van der Waals surface area contributed by atoms with Gasteiger partial charge in [-0.1, -0.05) is 6.07 Å². The number of anilines is 2. The molecule has 0 aliphatic heterocycles. The Bertz CT molecular complexity index is 611. The molecule has 0 aliphatic rings. The van der Waals surface area contributed by atoms with Gasteiger partial charge in [0.15, 0.2) is 0 Å². The van der Waals surface area contributed by atoms with Crippen LogP contribution in [-0.2, 0) is 6.54 Å². The lowest BCUT2D eigenvalue weighted by atomic mass is 10.1. The van der Waals surface area contributed by atoms with Crippen LogP contribution in [0.5, 0.6) is 0 Å². The third kappa shape index (κ3) is 3.07. The van der Waals surface area contributed by atoms with Gasteiger partial charge in [-0.25, -0.2) is 4.39 Å². The first kappa shape index (κ1) is 14.3. The SMILES string of the molecule is CCN(Cc1cccc(C)n1)c1cc(C)c(F)cc1N. The highest BCUT2D eigenvalue weighted by Gasteiger charge is 2.12. The summed E-state index contributed by atoms with van der Waals surface area (Å²) in [5, 5.41) is 0. The third-order valence-corrected chi connectivity index (χ3v) is 3.33. The van der Waals surface area contributed by atoms with Crippen molar-refractivity contribution in [3.63, 3.8) is 0 Å². The van der Waals surface area contributed by atoms with E-state index in [4.69, 9.17) is 5.73 Å². The molecule has 0 amide bonds. The second-order valence-corrected chi connectivity index (χ2v) is 4.94. The number of aromatic nitrogens is 1. The molecule has 0 atom stereocenters. The zero-order chi connectivity index (χ0) is 14.7. The summed E-state index contributed by atoms with van der Waals surface area (Å²) < 4.78 is 13.5.